The van der Waals surface area contributed by atoms with Crippen LogP contribution in [-0.2, 0) is 13.7 Å². The average molecular weight is 228 g/mol. The highest BCUT2D eigenvalue weighted by molar-refractivity contribution is 5.41. The zero-order valence-electron chi connectivity index (χ0n) is 9.71. The van der Waals surface area contributed by atoms with Crippen molar-refractivity contribution in [2.75, 3.05) is 0 Å². The molecular formula is C12H12N4O. The van der Waals surface area contributed by atoms with Gasteiger partial charge in [0.15, 0.2) is 5.82 Å². The Morgan fingerprint density at radius 3 is 2.94 bits per heavy atom. The number of benzene rings is 1. The summed E-state index contributed by atoms with van der Waals surface area (Å²) in [5.41, 5.74) is 1.58. The Hall–Kier alpha value is -2.35. The monoisotopic (exact) mass is 228 g/mol. The smallest absolute Gasteiger partial charge is 0.170 e. The first-order valence-corrected chi connectivity index (χ1v) is 5.17. The minimum absolute atomic E-state index is 0.340. The van der Waals surface area contributed by atoms with Crippen LogP contribution in [0.4, 0.5) is 0 Å². The SMILES string of the molecule is Cc1ccc(C#N)cc1OCc1nncn1C. The Bertz CT molecular complexity index is 568. The summed E-state index contributed by atoms with van der Waals surface area (Å²) in [6.07, 6.45) is 1.62. The Morgan fingerprint density at radius 2 is 2.29 bits per heavy atom. The molecule has 2 rings (SSSR count). The van der Waals surface area contributed by atoms with Crippen molar-refractivity contribution in [3.8, 4) is 11.8 Å². The lowest BCUT2D eigenvalue weighted by atomic mass is 10.1. The van der Waals surface area contributed by atoms with E-state index in [2.05, 4.69) is 16.3 Å². The van der Waals surface area contributed by atoms with Crippen molar-refractivity contribution >= 4 is 0 Å². The number of ether oxygens (including phenoxy) is 1. The fourth-order valence-corrected chi connectivity index (χ4v) is 1.41. The Balaban J connectivity index is 2.14. The lowest BCUT2D eigenvalue weighted by Crippen LogP contribution is -2.04. The van der Waals surface area contributed by atoms with Crippen molar-refractivity contribution < 1.29 is 4.74 Å². The third-order valence-corrected chi connectivity index (χ3v) is 2.48. The van der Waals surface area contributed by atoms with Crippen LogP contribution in [-0.4, -0.2) is 14.8 Å². The van der Waals surface area contributed by atoms with Gasteiger partial charge in [-0.1, -0.05) is 6.07 Å². The van der Waals surface area contributed by atoms with Gasteiger partial charge in [-0.25, -0.2) is 0 Å². The second kappa shape index (κ2) is 4.66. The quantitative estimate of drug-likeness (QED) is 0.800. The molecule has 0 bridgehead atoms. The molecular weight excluding hydrogens is 216 g/mol. The lowest BCUT2D eigenvalue weighted by molar-refractivity contribution is 0.289. The molecule has 0 radical (unpaired) electrons. The fraction of sp³-hybridized carbons (Fsp3) is 0.250. The molecule has 0 N–H and O–H groups in total. The van der Waals surface area contributed by atoms with E-state index in [1.165, 1.54) is 0 Å². The third kappa shape index (κ3) is 2.42. The number of nitriles is 1. The van der Waals surface area contributed by atoms with E-state index in [1.54, 1.807) is 23.0 Å². The van der Waals surface area contributed by atoms with Gasteiger partial charge in [0, 0.05) is 7.05 Å². The molecule has 86 valence electrons. The number of aryl methyl sites for hydroxylation is 2. The molecule has 0 fully saturated rings. The van der Waals surface area contributed by atoms with Crippen LogP contribution < -0.4 is 4.74 Å². The number of nitrogens with zero attached hydrogens (tertiary/aromatic N) is 4. The van der Waals surface area contributed by atoms with Gasteiger partial charge in [0.2, 0.25) is 0 Å². The highest BCUT2D eigenvalue weighted by Gasteiger charge is 2.05. The van der Waals surface area contributed by atoms with Crippen LogP contribution >= 0.6 is 0 Å². The molecule has 17 heavy (non-hydrogen) atoms. The van der Waals surface area contributed by atoms with Crippen molar-refractivity contribution in [2.45, 2.75) is 13.5 Å². The molecule has 1 aromatic carbocycles. The van der Waals surface area contributed by atoms with Crippen LogP contribution in [0.5, 0.6) is 5.75 Å². The topological polar surface area (TPSA) is 63.7 Å². The standard InChI is InChI=1S/C12H12N4O/c1-9-3-4-10(6-13)5-11(9)17-7-12-15-14-8-16(12)2/h3-5,8H,7H2,1-2H3. The molecule has 5 heteroatoms. The molecule has 5 nitrogen and oxygen atoms in total. The number of aromatic nitrogens is 3. The van der Waals surface area contributed by atoms with Crippen molar-refractivity contribution in [2.24, 2.45) is 7.05 Å². The fourth-order valence-electron chi connectivity index (χ4n) is 1.41. The van der Waals surface area contributed by atoms with E-state index in [1.807, 2.05) is 20.0 Å². The van der Waals surface area contributed by atoms with Gasteiger partial charge >= 0.3 is 0 Å². The van der Waals surface area contributed by atoms with Gasteiger partial charge in [0.1, 0.15) is 18.7 Å². The molecule has 0 spiro atoms. The van der Waals surface area contributed by atoms with Gasteiger partial charge < -0.3 is 9.30 Å². The van der Waals surface area contributed by atoms with Crippen molar-refractivity contribution in [1.29, 1.82) is 5.26 Å². The van der Waals surface area contributed by atoms with E-state index in [4.69, 9.17) is 10.00 Å². The number of hydrogen-bond donors (Lipinski definition) is 0. The van der Waals surface area contributed by atoms with E-state index in [0.29, 0.717) is 17.9 Å². The van der Waals surface area contributed by atoms with Crippen LogP contribution in [0.2, 0.25) is 0 Å². The van der Waals surface area contributed by atoms with Crippen LogP contribution in [0.3, 0.4) is 0 Å². The molecule has 0 aliphatic rings. The minimum Gasteiger partial charge on any atom is -0.485 e. The molecule has 0 aliphatic heterocycles. The van der Waals surface area contributed by atoms with E-state index < -0.39 is 0 Å². The average Bonchev–Trinajstić information content (AvgIpc) is 2.74. The largest absolute Gasteiger partial charge is 0.485 e. The molecule has 2 aromatic rings. The van der Waals surface area contributed by atoms with Gasteiger partial charge in [0.25, 0.3) is 0 Å². The zero-order chi connectivity index (χ0) is 12.3. The highest BCUT2D eigenvalue weighted by Crippen LogP contribution is 2.20. The maximum atomic E-state index is 8.82. The third-order valence-electron chi connectivity index (χ3n) is 2.48. The number of hydrogen-bond acceptors (Lipinski definition) is 4. The van der Waals surface area contributed by atoms with E-state index in [0.717, 1.165) is 11.4 Å². The van der Waals surface area contributed by atoms with Crippen LogP contribution in [0.15, 0.2) is 24.5 Å². The first kappa shape index (κ1) is 11.1. The second-order valence-corrected chi connectivity index (χ2v) is 3.74. The summed E-state index contributed by atoms with van der Waals surface area (Å²) in [5.74, 6) is 1.44. The van der Waals surface area contributed by atoms with Crippen molar-refractivity contribution in [3.05, 3.63) is 41.5 Å². The molecule has 0 amide bonds. The molecule has 0 atom stereocenters. The lowest BCUT2D eigenvalue weighted by Gasteiger charge is -2.08. The predicted octanol–water partition coefficient (Wildman–Crippen LogP) is 1.57. The normalized spacial score (nSPS) is 9.94. The van der Waals surface area contributed by atoms with Gasteiger partial charge in [-0.3, -0.25) is 0 Å². The van der Waals surface area contributed by atoms with Gasteiger partial charge in [-0.15, -0.1) is 10.2 Å². The predicted molar refractivity (Wildman–Crippen MR) is 61.2 cm³/mol. The molecule has 0 unspecified atom stereocenters. The Kier molecular flexibility index (Phi) is 3.06. The Labute approximate surface area is 99.3 Å². The van der Waals surface area contributed by atoms with E-state index in [-0.39, 0.29) is 0 Å². The minimum atomic E-state index is 0.340. The maximum Gasteiger partial charge on any atom is 0.170 e. The van der Waals surface area contributed by atoms with Gasteiger partial charge in [-0.05, 0) is 24.6 Å². The molecule has 0 saturated carbocycles. The second-order valence-electron chi connectivity index (χ2n) is 3.74. The summed E-state index contributed by atoms with van der Waals surface area (Å²) >= 11 is 0. The Morgan fingerprint density at radius 1 is 1.47 bits per heavy atom. The maximum absolute atomic E-state index is 8.82. The van der Waals surface area contributed by atoms with Crippen molar-refractivity contribution in [3.63, 3.8) is 0 Å². The summed E-state index contributed by atoms with van der Waals surface area (Å²) < 4.78 is 7.43. The van der Waals surface area contributed by atoms with Crippen LogP contribution in [0.25, 0.3) is 0 Å². The van der Waals surface area contributed by atoms with E-state index in [9.17, 15) is 0 Å². The molecule has 0 aliphatic carbocycles. The summed E-state index contributed by atoms with van der Waals surface area (Å²) in [4.78, 5) is 0. The summed E-state index contributed by atoms with van der Waals surface area (Å²) in [7, 11) is 1.86. The van der Waals surface area contributed by atoms with Crippen LogP contribution in [0.1, 0.15) is 17.0 Å². The summed E-state index contributed by atoms with van der Waals surface area (Å²) in [6, 6.07) is 7.45. The van der Waals surface area contributed by atoms with E-state index >= 15 is 0 Å². The molecule has 1 aromatic heterocycles. The highest BCUT2D eigenvalue weighted by atomic mass is 16.5. The first-order chi connectivity index (χ1) is 8.20. The van der Waals surface area contributed by atoms with Gasteiger partial charge in [-0.2, -0.15) is 5.26 Å². The van der Waals surface area contributed by atoms with Gasteiger partial charge in [0.05, 0.1) is 11.6 Å². The molecule has 0 saturated heterocycles. The summed E-state index contributed by atoms with van der Waals surface area (Å²) in [5, 5.41) is 16.5. The zero-order valence-corrected chi connectivity index (χ0v) is 9.71. The number of rotatable bonds is 3. The van der Waals surface area contributed by atoms with Crippen LogP contribution in [0, 0.1) is 18.3 Å². The van der Waals surface area contributed by atoms with Crippen molar-refractivity contribution in [1.82, 2.24) is 14.8 Å². The first-order valence-electron chi connectivity index (χ1n) is 5.17. The molecule has 1 heterocycles. The summed E-state index contributed by atoms with van der Waals surface area (Å²) in [6.45, 7) is 2.28.